The van der Waals surface area contributed by atoms with Crippen molar-refractivity contribution in [1.82, 2.24) is 0 Å². The number of fused-ring (bicyclic) bond motifs is 9. The molecule has 0 aliphatic heterocycles. The molecule has 1 aliphatic carbocycles. The molecule has 10 aromatic carbocycles. The first-order chi connectivity index (χ1) is 31.7. The zero-order valence-corrected chi connectivity index (χ0v) is 36.4. The highest BCUT2D eigenvalue weighted by Crippen LogP contribution is 2.59. The van der Waals surface area contributed by atoms with Crippen LogP contribution in [0.2, 0.25) is 0 Å². The molecule has 1 nitrogen and oxygen atoms in total. The Labute approximate surface area is 380 Å². The van der Waals surface area contributed by atoms with Crippen LogP contribution >= 0.6 is 22.7 Å². The summed E-state index contributed by atoms with van der Waals surface area (Å²) in [4.78, 5) is 2.51. The third kappa shape index (κ3) is 5.61. The molecule has 0 N–H and O–H groups in total. The van der Waals surface area contributed by atoms with E-state index in [1.165, 1.54) is 96.0 Å². The molecule has 13 rings (SSSR count). The second kappa shape index (κ2) is 14.8. The van der Waals surface area contributed by atoms with Crippen molar-refractivity contribution in [3.8, 4) is 33.4 Å². The minimum Gasteiger partial charge on any atom is -0.310 e. The number of hydrogen-bond donors (Lipinski definition) is 0. The van der Waals surface area contributed by atoms with Crippen LogP contribution in [0, 0.1) is 0 Å². The SMILES string of the molecule is c1ccc(C2(c3ccccc3)c3ccccc3-c3c(N(c4cccc(-c5ccc6sc7ccccc7c6c5)c4)c4cccc(-c5cccc6c5sc5ccccc56)c4)cccc32)cc1. The average Bonchev–Trinajstić information content (AvgIpc) is 4.03. The number of nitrogens with zero attached hydrogens (tertiary/aromatic N) is 1. The Hall–Kier alpha value is -7.56. The van der Waals surface area contributed by atoms with Crippen LogP contribution in [0.25, 0.3) is 73.7 Å². The Bertz CT molecular complexity index is 3710. The fourth-order valence-electron chi connectivity index (χ4n) is 10.6. The first kappa shape index (κ1) is 37.0. The fraction of sp³-hybridized carbons (Fsp3) is 0.0164. The van der Waals surface area contributed by atoms with Crippen molar-refractivity contribution in [3.05, 3.63) is 259 Å². The van der Waals surface area contributed by atoms with Gasteiger partial charge in [0.25, 0.3) is 0 Å². The van der Waals surface area contributed by atoms with Crippen molar-refractivity contribution in [1.29, 1.82) is 0 Å². The van der Waals surface area contributed by atoms with Crippen LogP contribution in [0.1, 0.15) is 22.3 Å². The molecule has 0 saturated heterocycles. The predicted molar refractivity (Wildman–Crippen MR) is 275 cm³/mol. The summed E-state index contributed by atoms with van der Waals surface area (Å²) in [6.45, 7) is 0. The Morgan fingerprint density at radius 3 is 1.62 bits per heavy atom. The largest absolute Gasteiger partial charge is 0.310 e. The first-order valence-electron chi connectivity index (χ1n) is 21.9. The molecular weight excluding hydrogens is 811 g/mol. The first-order valence-corrected chi connectivity index (χ1v) is 23.5. The van der Waals surface area contributed by atoms with Gasteiger partial charge in [0, 0.05) is 57.3 Å². The van der Waals surface area contributed by atoms with Crippen LogP contribution in [-0.2, 0) is 5.41 Å². The van der Waals surface area contributed by atoms with Crippen LogP contribution in [0.15, 0.2) is 237 Å². The standard InChI is InChI=1S/C61H39NS2/c1-3-19-43(20-4-1)61(44-21-5-2-6-22-44)53-30-10-7-27-51(53)59-54(61)31-16-32-55(59)62(45-23-13-17-40(37-45)41-35-36-58-52(39-41)49-26-9-11-33-56(49)63-58)46-24-14-18-42(38-46)47-28-15-29-50-48-25-8-12-34-57(48)64-60(47)50/h1-39H. The second-order valence-corrected chi connectivity index (χ2v) is 18.9. The van der Waals surface area contributed by atoms with Gasteiger partial charge in [-0.05, 0) is 105 Å². The molecule has 12 aromatic rings. The Kier molecular flexibility index (Phi) is 8.55. The average molecular weight is 850 g/mol. The summed E-state index contributed by atoms with van der Waals surface area (Å²) in [5.41, 5.74) is 15.3. The summed E-state index contributed by atoms with van der Waals surface area (Å²) in [6.07, 6.45) is 0. The molecule has 0 atom stereocenters. The maximum atomic E-state index is 2.51. The Balaban J connectivity index is 1.06. The molecule has 0 amide bonds. The van der Waals surface area contributed by atoms with Gasteiger partial charge in [-0.2, -0.15) is 0 Å². The second-order valence-electron chi connectivity index (χ2n) is 16.8. The summed E-state index contributed by atoms with van der Waals surface area (Å²) >= 11 is 3.75. The quantitative estimate of drug-likeness (QED) is 0.154. The number of hydrogen-bond acceptors (Lipinski definition) is 3. The van der Waals surface area contributed by atoms with Gasteiger partial charge in [-0.3, -0.25) is 0 Å². The van der Waals surface area contributed by atoms with E-state index >= 15 is 0 Å². The van der Waals surface area contributed by atoms with E-state index in [0.717, 1.165) is 17.1 Å². The molecular formula is C61H39NS2. The van der Waals surface area contributed by atoms with Crippen molar-refractivity contribution < 1.29 is 0 Å². The molecule has 2 aromatic heterocycles. The molecule has 1 aliphatic rings. The lowest BCUT2D eigenvalue weighted by Crippen LogP contribution is -2.28. The lowest BCUT2D eigenvalue weighted by atomic mass is 9.68. The van der Waals surface area contributed by atoms with Crippen LogP contribution < -0.4 is 4.90 Å². The smallest absolute Gasteiger partial charge is 0.0714 e. The lowest BCUT2D eigenvalue weighted by molar-refractivity contribution is 0.768. The Morgan fingerprint density at radius 1 is 0.328 bits per heavy atom. The van der Waals surface area contributed by atoms with Crippen molar-refractivity contribution in [3.63, 3.8) is 0 Å². The predicted octanol–water partition coefficient (Wildman–Crippen LogP) is 17.6. The highest BCUT2D eigenvalue weighted by molar-refractivity contribution is 7.26. The zero-order valence-electron chi connectivity index (χ0n) is 34.8. The number of rotatable bonds is 7. The molecule has 0 spiro atoms. The third-order valence-electron chi connectivity index (χ3n) is 13.3. The topological polar surface area (TPSA) is 3.24 Å². The van der Waals surface area contributed by atoms with Crippen molar-refractivity contribution in [2.75, 3.05) is 4.90 Å². The summed E-state index contributed by atoms with van der Waals surface area (Å²) in [6, 6.07) is 87.9. The van der Waals surface area contributed by atoms with Gasteiger partial charge in [-0.1, -0.05) is 182 Å². The Morgan fingerprint density at radius 2 is 0.859 bits per heavy atom. The third-order valence-corrected chi connectivity index (χ3v) is 15.7. The molecule has 0 saturated carbocycles. The number of benzene rings is 10. The highest BCUT2D eigenvalue weighted by Gasteiger charge is 2.47. The van der Waals surface area contributed by atoms with E-state index in [0.29, 0.717) is 0 Å². The molecule has 0 bridgehead atoms. The van der Waals surface area contributed by atoms with Crippen LogP contribution in [-0.4, -0.2) is 0 Å². The van der Waals surface area contributed by atoms with Gasteiger partial charge < -0.3 is 4.90 Å². The van der Waals surface area contributed by atoms with E-state index in [-0.39, 0.29) is 0 Å². The van der Waals surface area contributed by atoms with Gasteiger partial charge in [0.2, 0.25) is 0 Å². The molecule has 300 valence electrons. The monoisotopic (exact) mass is 849 g/mol. The van der Waals surface area contributed by atoms with Crippen molar-refractivity contribution >= 4 is 80.1 Å². The van der Waals surface area contributed by atoms with Gasteiger partial charge in [-0.15, -0.1) is 22.7 Å². The minimum atomic E-state index is -0.518. The summed E-state index contributed by atoms with van der Waals surface area (Å²) < 4.78 is 5.26. The van der Waals surface area contributed by atoms with E-state index < -0.39 is 5.41 Å². The summed E-state index contributed by atoms with van der Waals surface area (Å²) in [5.74, 6) is 0. The van der Waals surface area contributed by atoms with E-state index in [1.807, 2.05) is 22.7 Å². The molecule has 2 heterocycles. The van der Waals surface area contributed by atoms with Gasteiger partial charge >= 0.3 is 0 Å². The maximum Gasteiger partial charge on any atom is 0.0714 e. The van der Waals surface area contributed by atoms with E-state index in [4.69, 9.17) is 0 Å². The summed E-state index contributed by atoms with van der Waals surface area (Å²) in [5, 5.41) is 5.23. The zero-order chi connectivity index (χ0) is 42.2. The van der Waals surface area contributed by atoms with Crippen molar-refractivity contribution in [2.24, 2.45) is 0 Å². The molecule has 3 heteroatoms. The van der Waals surface area contributed by atoms with Crippen molar-refractivity contribution in [2.45, 2.75) is 5.41 Å². The van der Waals surface area contributed by atoms with Gasteiger partial charge in [0.05, 0.1) is 11.1 Å². The van der Waals surface area contributed by atoms with Crippen LogP contribution in [0.3, 0.4) is 0 Å². The lowest BCUT2D eigenvalue weighted by Gasteiger charge is -2.34. The fourth-order valence-corrected chi connectivity index (χ4v) is 12.9. The highest BCUT2D eigenvalue weighted by atomic mass is 32.1. The van der Waals surface area contributed by atoms with Crippen LogP contribution in [0.5, 0.6) is 0 Å². The van der Waals surface area contributed by atoms with Gasteiger partial charge in [-0.25, -0.2) is 0 Å². The number of anilines is 3. The normalized spacial score (nSPS) is 12.8. The maximum absolute atomic E-state index is 2.51. The van der Waals surface area contributed by atoms with Crippen LogP contribution in [0.4, 0.5) is 17.1 Å². The molecule has 0 fully saturated rings. The minimum absolute atomic E-state index is 0.518. The summed E-state index contributed by atoms with van der Waals surface area (Å²) in [7, 11) is 0. The van der Waals surface area contributed by atoms with Gasteiger partial charge in [0.15, 0.2) is 0 Å². The molecule has 0 radical (unpaired) electrons. The van der Waals surface area contributed by atoms with Gasteiger partial charge in [0.1, 0.15) is 0 Å². The number of thiophene rings is 2. The van der Waals surface area contributed by atoms with E-state index in [2.05, 4.69) is 241 Å². The molecule has 64 heavy (non-hydrogen) atoms. The molecule has 0 unspecified atom stereocenters. The van der Waals surface area contributed by atoms with E-state index in [1.54, 1.807) is 0 Å². The van der Waals surface area contributed by atoms with E-state index in [9.17, 15) is 0 Å².